The van der Waals surface area contributed by atoms with Crippen molar-refractivity contribution in [2.75, 3.05) is 13.6 Å². The molecule has 1 aromatic heterocycles. The molecule has 0 saturated heterocycles. The van der Waals surface area contributed by atoms with Crippen molar-refractivity contribution in [3.63, 3.8) is 0 Å². The Kier molecular flexibility index (Phi) is 5.40. The number of sulfonamides is 1. The van der Waals surface area contributed by atoms with E-state index in [1.54, 1.807) is 17.5 Å². The van der Waals surface area contributed by atoms with Gasteiger partial charge in [-0.3, -0.25) is 5.10 Å². The van der Waals surface area contributed by atoms with E-state index >= 15 is 0 Å². The summed E-state index contributed by atoms with van der Waals surface area (Å²) in [6.45, 7) is 5.43. The molecule has 6 nitrogen and oxygen atoms in total. The van der Waals surface area contributed by atoms with Crippen LogP contribution in [-0.2, 0) is 16.6 Å². The first kappa shape index (κ1) is 16.5. The summed E-state index contributed by atoms with van der Waals surface area (Å²) in [5.41, 5.74) is 0.701. The number of aromatic nitrogens is 2. The molecule has 1 aliphatic rings. The third kappa shape index (κ3) is 3.46. The van der Waals surface area contributed by atoms with Gasteiger partial charge in [0.15, 0.2) is 5.03 Å². The standard InChI is InChI=1S/C14H26N4O2S/c1-4-15-9-12-10-16-17-14(12)21(19,20)18(3)13-8-6-5-7-11(13)2/h10-11,13,15H,4-9H2,1-3H3,(H,16,17). The fourth-order valence-corrected chi connectivity index (χ4v) is 4.65. The van der Waals surface area contributed by atoms with E-state index in [-0.39, 0.29) is 11.1 Å². The van der Waals surface area contributed by atoms with E-state index < -0.39 is 10.0 Å². The van der Waals surface area contributed by atoms with Crippen LogP contribution in [0.2, 0.25) is 0 Å². The number of nitrogens with zero attached hydrogens (tertiary/aromatic N) is 2. The molecule has 1 aromatic rings. The van der Waals surface area contributed by atoms with Gasteiger partial charge in [0.1, 0.15) is 0 Å². The fourth-order valence-electron chi connectivity index (χ4n) is 3.07. The molecule has 1 aliphatic carbocycles. The molecule has 0 aliphatic heterocycles. The van der Waals surface area contributed by atoms with Gasteiger partial charge in [0, 0.05) is 25.2 Å². The SMILES string of the molecule is CCNCc1cn[nH]c1S(=O)(=O)N(C)C1CCCCC1C. The molecule has 0 bridgehead atoms. The largest absolute Gasteiger partial charge is 0.313 e. The van der Waals surface area contributed by atoms with Crippen LogP contribution >= 0.6 is 0 Å². The number of aromatic amines is 1. The summed E-state index contributed by atoms with van der Waals surface area (Å²) in [6, 6.07) is 0.0824. The molecule has 0 radical (unpaired) electrons. The lowest BCUT2D eigenvalue weighted by atomic mass is 9.86. The van der Waals surface area contributed by atoms with E-state index in [2.05, 4.69) is 22.4 Å². The lowest BCUT2D eigenvalue weighted by molar-refractivity contribution is 0.213. The van der Waals surface area contributed by atoms with Crippen LogP contribution in [-0.4, -0.2) is 42.6 Å². The molecule has 2 atom stereocenters. The Bertz CT molecular complexity index is 555. The van der Waals surface area contributed by atoms with Gasteiger partial charge in [-0.15, -0.1) is 0 Å². The molecule has 1 fully saturated rings. The first-order valence-corrected chi connectivity index (χ1v) is 9.13. The highest BCUT2D eigenvalue weighted by Gasteiger charge is 2.34. The third-order valence-corrected chi connectivity index (χ3v) is 6.31. The molecule has 0 spiro atoms. The van der Waals surface area contributed by atoms with Gasteiger partial charge in [0.2, 0.25) is 0 Å². The lowest BCUT2D eigenvalue weighted by Crippen LogP contribution is -2.43. The Morgan fingerprint density at radius 2 is 2.14 bits per heavy atom. The maximum atomic E-state index is 12.8. The van der Waals surface area contributed by atoms with Crippen LogP contribution in [0.25, 0.3) is 0 Å². The Hall–Kier alpha value is -0.920. The predicted molar refractivity (Wildman–Crippen MR) is 82.3 cm³/mol. The Labute approximate surface area is 127 Å². The van der Waals surface area contributed by atoms with Crippen LogP contribution in [0.5, 0.6) is 0 Å². The van der Waals surface area contributed by atoms with Crippen LogP contribution in [0.15, 0.2) is 11.2 Å². The van der Waals surface area contributed by atoms with Crippen LogP contribution in [0.3, 0.4) is 0 Å². The van der Waals surface area contributed by atoms with E-state index in [9.17, 15) is 8.42 Å². The molecule has 1 heterocycles. The minimum Gasteiger partial charge on any atom is -0.313 e. The number of H-pyrrole nitrogens is 1. The summed E-state index contributed by atoms with van der Waals surface area (Å²) >= 11 is 0. The number of hydrogen-bond acceptors (Lipinski definition) is 4. The number of hydrogen-bond donors (Lipinski definition) is 2. The summed E-state index contributed by atoms with van der Waals surface area (Å²) < 4.78 is 27.2. The number of rotatable bonds is 6. The monoisotopic (exact) mass is 314 g/mol. The molecule has 0 amide bonds. The van der Waals surface area contributed by atoms with Crippen molar-refractivity contribution in [3.8, 4) is 0 Å². The predicted octanol–water partition coefficient (Wildman–Crippen LogP) is 1.72. The van der Waals surface area contributed by atoms with Crippen molar-refractivity contribution < 1.29 is 8.42 Å². The summed E-state index contributed by atoms with van der Waals surface area (Å²) in [5.74, 6) is 0.402. The molecule has 21 heavy (non-hydrogen) atoms. The first-order valence-electron chi connectivity index (χ1n) is 7.69. The normalized spacial score (nSPS) is 23.6. The van der Waals surface area contributed by atoms with Crippen molar-refractivity contribution in [2.24, 2.45) is 5.92 Å². The zero-order valence-electron chi connectivity index (χ0n) is 13.1. The van der Waals surface area contributed by atoms with Crippen molar-refractivity contribution in [2.45, 2.75) is 57.1 Å². The van der Waals surface area contributed by atoms with Gasteiger partial charge in [0.05, 0.1) is 6.20 Å². The smallest absolute Gasteiger partial charge is 0.260 e. The molecular weight excluding hydrogens is 288 g/mol. The molecule has 2 N–H and O–H groups in total. The van der Waals surface area contributed by atoms with Crippen molar-refractivity contribution >= 4 is 10.0 Å². The Morgan fingerprint density at radius 3 is 2.81 bits per heavy atom. The van der Waals surface area contributed by atoms with E-state index in [0.717, 1.165) is 25.8 Å². The molecule has 0 aromatic carbocycles. The maximum Gasteiger partial charge on any atom is 0.260 e. The van der Waals surface area contributed by atoms with Crippen LogP contribution in [0.4, 0.5) is 0 Å². The van der Waals surface area contributed by atoms with E-state index in [1.807, 2.05) is 6.92 Å². The van der Waals surface area contributed by atoms with E-state index in [1.165, 1.54) is 6.42 Å². The topological polar surface area (TPSA) is 78.1 Å². The lowest BCUT2D eigenvalue weighted by Gasteiger charge is -2.35. The molecule has 1 saturated carbocycles. The highest BCUT2D eigenvalue weighted by Crippen LogP contribution is 2.30. The highest BCUT2D eigenvalue weighted by atomic mass is 32.2. The molecule has 2 unspecified atom stereocenters. The summed E-state index contributed by atoms with van der Waals surface area (Å²) in [5, 5.41) is 9.96. The fraction of sp³-hybridized carbons (Fsp3) is 0.786. The third-order valence-electron chi connectivity index (χ3n) is 4.41. The van der Waals surface area contributed by atoms with Gasteiger partial charge in [-0.05, 0) is 25.3 Å². The Balaban J connectivity index is 2.22. The van der Waals surface area contributed by atoms with Crippen LogP contribution < -0.4 is 5.32 Å². The minimum atomic E-state index is -3.51. The van der Waals surface area contributed by atoms with Crippen molar-refractivity contribution in [3.05, 3.63) is 11.8 Å². The highest BCUT2D eigenvalue weighted by molar-refractivity contribution is 7.89. The van der Waals surface area contributed by atoms with E-state index in [0.29, 0.717) is 18.0 Å². The Morgan fingerprint density at radius 1 is 1.43 bits per heavy atom. The number of nitrogens with one attached hydrogen (secondary N) is 2. The van der Waals surface area contributed by atoms with E-state index in [4.69, 9.17) is 0 Å². The van der Waals surface area contributed by atoms with Gasteiger partial charge in [-0.25, -0.2) is 8.42 Å². The minimum absolute atomic E-state index is 0.0824. The van der Waals surface area contributed by atoms with Gasteiger partial charge in [0.25, 0.3) is 10.0 Å². The average molecular weight is 314 g/mol. The molecule has 120 valence electrons. The van der Waals surface area contributed by atoms with Gasteiger partial charge in [-0.1, -0.05) is 26.7 Å². The van der Waals surface area contributed by atoms with Gasteiger partial charge >= 0.3 is 0 Å². The van der Waals surface area contributed by atoms with Crippen LogP contribution in [0, 0.1) is 5.92 Å². The van der Waals surface area contributed by atoms with Gasteiger partial charge < -0.3 is 5.32 Å². The van der Waals surface area contributed by atoms with Crippen molar-refractivity contribution in [1.29, 1.82) is 0 Å². The van der Waals surface area contributed by atoms with Crippen LogP contribution in [0.1, 0.15) is 45.1 Å². The summed E-state index contributed by atoms with van der Waals surface area (Å²) in [4.78, 5) is 0. The van der Waals surface area contributed by atoms with Crippen molar-refractivity contribution in [1.82, 2.24) is 19.8 Å². The molecule has 2 rings (SSSR count). The second-order valence-electron chi connectivity index (χ2n) is 5.86. The second-order valence-corrected chi connectivity index (χ2v) is 7.79. The molecule has 7 heteroatoms. The second kappa shape index (κ2) is 6.89. The summed E-state index contributed by atoms with van der Waals surface area (Å²) in [7, 11) is -1.82. The first-order chi connectivity index (χ1) is 9.98. The average Bonchev–Trinajstić information content (AvgIpc) is 2.94. The quantitative estimate of drug-likeness (QED) is 0.838. The summed E-state index contributed by atoms with van der Waals surface area (Å²) in [6.07, 6.45) is 5.92. The van der Waals surface area contributed by atoms with Gasteiger partial charge in [-0.2, -0.15) is 9.40 Å². The zero-order valence-corrected chi connectivity index (χ0v) is 13.9. The maximum absolute atomic E-state index is 12.8. The zero-order chi connectivity index (χ0) is 15.5. The molecular formula is C14H26N4O2S.